The molecule has 0 aliphatic carbocycles. The molecule has 5 heteroatoms. The molecular weight excluding hydrogens is 214 g/mol. The zero-order valence-electron chi connectivity index (χ0n) is 9.03. The Morgan fingerprint density at radius 3 is 2.93 bits per heavy atom. The van der Waals surface area contributed by atoms with Crippen molar-refractivity contribution >= 4 is 23.1 Å². The number of hydrogen-bond acceptors (Lipinski definition) is 4. The van der Waals surface area contributed by atoms with Crippen LogP contribution in [0.25, 0.3) is 0 Å². The molecule has 0 aromatic carbocycles. The Kier molecular flexibility index (Phi) is 4.65. The highest BCUT2D eigenvalue weighted by molar-refractivity contribution is 6.30. The predicted molar refractivity (Wildman–Crippen MR) is 63.4 cm³/mol. The van der Waals surface area contributed by atoms with Gasteiger partial charge in [-0.1, -0.05) is 11.6 Å². The highest BCUT2D eigenvalue weighted by Gasteiger charge is 2.06. The lowest BCUT2D eigenvalue weighted by molar-refractivity contribution is 0.196. The van der Waals surface area contributed by atoms with Gasteiger partial charge in [0.2, 0.25) is 0 Å². The molecule has 0 saturated carbocycles. The summed E-state index contributed by atoms with van der Waals surface area (Å²) >= 11 is 5.77. The van der Waals surface area contributed by atoms with E-state index in [0.29, 0.717) is 10.7 Å². The molecule has 0 aliphatic rings. The lowest BCUT2D eigenvalue weighted by atomic mass is 10.3. The van der Waals surface area contributed by atoms with Crippen LogP contribution in [-0.2, 0) is 4.74 Å². The second kappa shape index (κ2) is 5.78. The highest BCUT2D eigenvalue weighted by Crippen LogP contribution is 2.22. The molecule has 15 heavy (non-hydrogen) atoms. The molecular formula is C10H16ClN3O. The van der Waals surface area contributed by atoms with Gasteiger partial charge in [0.05, 0.1) is 10.7 Å². The molecule has 84 valence electrons. The Bertz CT molecular complexity index is 320. The van der Waals surface area contributed by atoms with Crippen molar-refractivity contribution in [3.63, 3.8) is 0 Å². The molecule has 0 radical (unpaired) electrons. The molecule has 0 saturated heterocycles. The number of ether oxygens (including phenoxy) is 1. The van der Waals surface area contributed by atoms with Gasteiger partial charge in [0.25, 0.3) is 0 Å². The molecule has 1 aromatic heterocycles. The van der Waals surface area contributed by atoms with Crippen LogP contribution in [0.2, 0.25) is 5.02 Å². The fraction of sp³-hybridized carbons (Fsp3) is 0.500. The van der Waals surface area contributed by atoms with Crippen LogP contribution in [0.5, 0.6) is 0 Å². The Morgan fingerprint density at radius 2 is 2.33 bits per heavy atom. The molecule has 0 fully saturated rings. The van der Waals surface area contributed by atoms with E-state index in [1.54, 1.807) is 19.4 Å². The van der Waals surface area contributed by atoms with Crippen LogP contribution in [0.15, 0.2) is 12.3 Å². The zero-order valence-corrected chi connectivity index (χ0v) is 9.79. The standard InChI is InChI=1S/C10H16ClN3O/c1-14(4-3-5-15-2)10-9(12)6-8(11)7-13-10/h6-7H,3-5,12H2,1-2H3. The number of nitrogens with two attached hydrogens (primary N) is 1. The van der Waals surface area contributed by atoms with Gasteiger partial charge in [-0.25, -0.2) is 4.98 Å². The largest absolute Gasteiger partial charge is 0.396 e. The third-order valence-corrected chi connectivity index (χ3v) is 2.27. The number of nitrogen functional groups attached to an aromatic ring is 1. The van der Waals surface area contributed by atoms with Crippen molar-refractivity contribution in [2.75, 3.05) is 37.9 Å². The van der Waals surface area contributed by atoms with Crippen molar-refractivity contribution in [3.05, 3.63) is 17.3 Å². The lowest BCUT2D eigenvalue weighted by Gasteiger charge is -2.19. The zero-order chi connectivity index (χ0) is 11.3. The van der Waals surface area contributed by atoms with Crippen LogP contribution in [0, 0.1) is 0 Å². The molecule has 0 spiro atoms. The minimum Gasteiger partial charge on any atom is -0.396 e. The Morgan fingerprint density at radius 1 is 1.60 bits per heavy atom. The van der Waals surface area contributed by atoms with Crippen LogP contribution < -0.4 is 10.6 Å². The van der Waals surface area contributed by atoms with E-state index >= 15 is 0 Å². The fourth-order valence-electron chi connectivity index (χ4n) is 1.32. The average Bonchev–Trinajstić information content (AvgIpc) is 2.17. The normalized spacial score (nSPS) is 10.3. The van der Waals surface area contributed by atoms with Crippen LogP contribution in [0.3, 0.4) is 0 Å². The number of pyridine rings is 1. The summed E-state index contributed by atoms with van der Waals surface area (Å²) in [6, 6.07) is 1.71. The van der Waals surface area contributed by atoms with Gasteiger partial charge in [0.15, 0.2) is 5.82 Å². The Hall–Kier alpha value is -1.00. The molecule has 0 aliphatic heterocycles. The van der Waals surface area contributed by atoms with Gasteiger partial charge in [-0.2, -0.15) is 0 Å². The van der Waals surface area contributed by atoms with Crippen LogP contribution in [-0.4, -0.2) is 32.3 Å². The first-order chi connectivity index (χ1) is 7.15. The second-order valence-corrected chi connectivity index (χ2v) is 3.77. The van der Waals surface area contributed by atoms with Gasteiger partial charge in [-0.3, -0.25) is 0 Å². The minimum atomic E-state index is 0.557. The maximum Gasteiger partial charge on any atom is 0.151 e. The van der Waals surface area contributed by atoms with E-state index in [2.05, 4.69) is 4.98 Å². The van der Waals surface area contributed by atoms with Crippen LogP contribution in [0.1, 0.15) is 6.42 Å². The molecule has 0 bridgehead atoms. The number of halogens is 1. The summed E-state index contributed by atoms with van der Waals surface area (Å²) in [6.07, 6.45) is 2.54. The van der Waals surface area contributed by atoms with Gasteiger partial charge < -0.3 is 15.4 Å². The van der Waals surface area contributed by atoms with Crippen LogP contribution in [0.4, 0.5) is 11.5 Å². The van der Waals surface area contributed by atoms with E-state index in [-0.39, 0.29) is 0 Å². The van der Waals surface area contributed by atoms with Gasteiger partial charge in [-0.05, 0) is 12.5 Å². The van der Waals surface area contributed by atoms with Gasteiger partial charge >= 0.3 is 0 Å². The molecule has 1 aromatic rings. The van der Waals surface area contributed by atoms with Crippen molar-refractivity contribution in [2.45, 2.75) is 6.42 Å². The second-order valence-electron chi connectivity index (χ2n) is 3.33. The van der Waals surface area contributed by atoms with Crippen molar-refractivity contribution in [1.29, 1.82) is 0 Å². The number of methoxy groups -OCH3 is 1. The average molecular weight is 230 g/mol. The van der Waals surface area contributed by atoms with Crippen molar-refractivity contribution in [3.8, 4) is 0 Å². The van der Waals surface area contributed by atoms with Crippen LogP contribution >= 0.6 is 11.6 Å². The molecule has 2 N–H and O–H groups in total. The number of aromatic nitrogens is 1. The van der Waals surface area contributed by atoms with E-state index in [9.17, 15) is 0 Å². The summed E-state index contributed by atoms with van der Waals surface area (Å²) in [5, 5.41) is 0.557. The highest BCUT2D eigenvalue weighted by atomic mass is 35.5. The first-order valence-electron chi connectivity index (χ1n) is 4.76. The maximum absolute atomic E-state index is 5.81. The van der Waals surface area contributed by atoms with Gasteiger partial charge in [0, 0.05) is 33.5 Å². The molecule has 4 nitrogen and oxygen atoms in total. The Balaban J connectivity index is 2.61. The minimum absolute atomic E-state index is 0.557. The summed E-state index contributed by atoms with van der Waals surface area (Å²) in [7, 11) is 3.64. The smallest absolute Gasteiger partial charge is 0.151 e. The number of rotatable bonds is 5. The lowest BCUT2D eigenvalue weighted by Crippen LogP contribution is -2.21. The number of anilines is 2. The molecule has 0 atom stereocenters. The first-order valence-corrected chi connectivity index (χ1v) is 5.14. The van der Waals surface area contributed by atoms with E-state index < -0.39 is 0 Å². The number of nitrogens with zero attached hydrogens (tertiary/aromatic N) is 2. The summed E-state index contributed by atoms with van der Waals surface area (Å²) in [5.74, 6) is 0.760. The molecule has 1 heterocycles. The van der Waals surface area contributed by atoms with Crippen molar-refractivity contribution in [1.82, 2.24) is 4.98 Å². The first kappa shape index (κ1) is 12.1. The van der Waals surface area contributed by atoms with Crippen molar-refractivity contribution < 1.29 is 4.74 Å². The monoisotopic (exact) mass is 229 g/mol. The Labute approximate surface area is 95.0 Å². The summed E-state index contributed by atoms with van der Waals surface area (Å²) in [5.41, 5.74) is 6.41. The number of hydrogen-bond donors (Lipinski definition) is 1. The van der Waals surface area contributed by atoms with Gasteiger partial charge in [0.1, 0.15) is 0 Å². The third kappa shape index (κ3) is 3.57. The quantitative estimate of drug-likeness (QED) is 0.783. The molecule has 1 rings (SSSR count). The fourth-order valence-corrected chi connectivity index (χ4v) is 1.48. The van der Waals surface area contributed by atoms with Crippen molar-refractivity contribution in [2.24, 2.45) is 0 Å². The summed E-state index contributed by atoms with van der Waals surface area (Å²) in [4.78, 5) is 6.18. The van der Waals surface area contributed by atoms with E-state index in [1.807, 2.05) is 11.9 Å². The van der Waals surface area contributed by atoms with Gasteiger partial charge in [-0.15, -0.1) is 0 Å². The molecule has 0 amide bonds. The van der Waals surface area contributed by atoms with E-state index in [4.69, 9.17) is 22.1 Å². The van der Waals surface area contributed by atoms with E-state index in [0.717, 1.165) is 25.4 Å². The summed E-state index contributed by atoms with van der Waals surface area (Å²) in [6.45, 7) is 1.59. The van der Waals surface area contributed by atoms with E-state index in [1.165, 1.54) is 0 Å². The predicted octanol–water partition coefficient (Wildman–Crippen LogP) is 1.79. The SMILES string of the molecule is COCCCN(C)c1ncc(Cl)cc1N. The third-order valence-electron chi connectivity index (χ3n) is 2.07. The summed E-state index contributed by atoms with van der Waals surface area (Å²) < 4.78 is 4.98. The maximum atomic E-state index is 5.81. The topological polar surface area (TPSA) is 51.4 Å². The molecule has 0 unspecified atom stereocenters.